The van der Waals surface area contributed by atoms with Crippen LogP contribution in [-0.2, 0) is 0 Å². The van der Waals surface area contributed by atoms with Gasteiger partial charge >= 0.3 is 0 Å². The van der Waals surface area contributed by atoms with Gasteiger partial charge in [0, 0.05) is 4.32 Å². The van der Waals surface area contributed by atoms with Crippen LogP contribution in [0.25, 0.3) is 0 Å². The van der Waals surface area contributed by atoms with Crippen molar-refractivity contribution in [3.05, 3.63) is 0 Å². The Hall–Kier alpha value is 0.440. The Morgan fingerprint density at radius 2 is 2.22 bits per heavy atom. The molecule has 0 spiro atoms. The van der Waals surface area contributed by atoms with Crippen LogP contribution in [0, 0.1) is 5.92 Å². The Kier molecular flexibility index (Phi) is 1.18. The summed E-state index contributed by atoms with van der Waals surface area (Å²) in [4.78, 5) is 0. The fourth-order valence-corrected chi connectivity index (χ4v) is 3.15. The van der Waals surface area contributed by atoms with Crippen molar-refractivity contribution in [2.24, 2.45) is 5.92 Å². The highest BCUT2D eigenvalue weighted by atomic mass is 79.9. The van der Waals surface area contributed by atoms with Crippen LogP contribution in [0.15, 0.2) is 0 Å². The van der Waals surface area contributed by atoms with Crippen molar-refractivity contribution in [2.45, 2.75) is 36.1 Å². The summed E-state index contributed by atoms with van der Waals surface area (Å²) in [5.41, 5.74) is 0. The maximum Gasteiger partial charge on any atom is 0.0582 e. The van der Waals surface area contributed by atoms with Gasteiger partial charge in [0.1, 0.15) is 0 Å². The van der Waals surface area contributed by atoms with Gasteiger partial charge in [0.15, 0.2) is 0 Å². The summed E-state index contributed by atoms with van der Waals surface area (Å²) in [7, 11) is 0. The van der Waals surface area contributed by atoms with E-state index in [0.717, 1.165) is 6.42 Å². The fourth-order valence-electron chi connectivity index (χ4n) is 2.17. The van der Waals surface area contributed by atoms with Gasteiger partial charge in [0.25, 0.3) is 0 Å². The Morgan fingerprint density at radius 3 is 2.44 bits per heavy atom. The van der Waals surface area contributed by atoms with Crippen LogP contribution in [-0.4, -0.2) is 15.5 Å². The van der Waals surface area contributed by atoms with E-state index in [4.69, 9.17) is 0 Å². The zero-order valence-corrected chi connectivity index (χ0v) is 6.89. The normalized spacial score (nSPS) is 56.7. The molecule has 3 atom stereocenters. The molecule has 1 nitrogen and oxygen atoms in total. The average molecular weight is 191 g/mol. The molecule has 52 valence electrons. The van der Waals surface area contributed by atoms with E-state index in [0.29, 0.717) is 10.2 Å². The van der Waals surface area contributed by atoms with Gasteiger partial charge in [-0.05, 0) is 31.6 Å². The van der Waals surface area contributed by atoms with E-state index in [1.54, 1.807) is 0 Å². The van der Waals surface area contributed by atoms with Gasteiger partial charge in [-0.2, -0.15) is 0 Å². The molecule has 0 aromatic heterocycles. The molecule has 1 N–H and O–H groups in total. The Labute approximate surface area is 63.6 Å². The molecule has 2 aliphatic carbocycles. The maximum atomic E-state index is 9.35. The average Bonchev–Trinajstić information content (AvgIpc) is 2.20. The molecule has 0 aromatic rings. The molecule has 0 amide bonds. The lowest BCUT2D eigenvalue weighted by atomic mass is 9.98. The molecular weight excluding hydrogens is 180 g/mol. The second kappa shape index (κ2) is 1.73. The topological polar surface area (TPSA) is 20.2 Å². The van der Waals surface area contributed by atoms with E-state index in [1.165, 1.54) is 19.3 Å². The number of aliphatic hydroxyl groups excluding tert-OH is 1. The molecule has 2 saturated carbocycles. The van der Waals surface area contributed by atoms with Gasteiger partial charge in [0.05, 0.1) is 6.10 Å². The van der Waals surface area contributed by atoms with Crippen LogP contribution < -0.4 is 0 Å². The number of hydrogen-bond acceptors (Lipinski definition) is 1. The number of hydrogen-bond donors (Lipinski definition) is 1. The van der Waals surface area contributed by atoms with Crippen molar-refractivity contribution < 1.29 is 5.11 Å². The second-order valence-corrected chi connectivity index (χ2v) is 5.11. The minimum Gasteiger partial charge on any atom is -0.393 e. The number of halogens is 1. The number of fused-ring (bicyclic) bond motifs is 2. The Bertz CT molecular complexity index is 133. The van der Waals surface area contributed by atoms with E-state index < -0.39 is 0 Å². The third-order valence-corrected chi connectivity index (χ3v) is 3.75. The molecule has 2 aliphatic rings. The summed E-state index contributed by atoms with van der Waals surface area (Å²) >= 11 is 3.67. The first-order chi connectivity index (χ1) is 4.20. The summed E-state index contributed by atoms with van der Waals surface area (Å²) in [6.45, 7) is 0. The van der Waals surface area contributed by atoms with Gasteiger partial charge in [-0.25, -0.2) is 0 Å². The number of aliphatic hydroxyl groups is 1. The monoisotopic (exact) mass is 190 g/mol. The van der Waals surface area contributed by atoms with E-state index in [-0.39, 0.29) is 6.10 Å². The van der Waals surface area contributed by atoms with Gasteiger partial charge < -0.3 is 5.11 Å². The first-order valence-corrected chi connectivity index (χ1v) is 4.36. The summed E-state index contributed by atoms with van der Waals surface area (Å²) < 4.78 is 0.344. The molecule has 2 rings (SSSR count). The highest BCUT2D eigenvalue weighted by molar-refractivity contribution is 9.10. The third kappa shape index (κ3) is 0.838. The van der Waals surface area contributed by atoms with E-state index in [1.807, 2.05) is 0 Å². The van der Waals surface area contributed by atoms with Crippen LogP contribution in [0.2, 0.25) is 0 Å². The smallest absolute Gasteiger partial charge is 0.0582 e. The molecule has 9 heavy (non-hydrogen) atoms. The van der Waals surface area contributed by atoms with Crippen LogP contribution in [0.3, 0.4) is 0 Å². The van der Waals surface area contributed by atoms with Gasteiger partial charge in [-0.1, -0.05) is 15.9 Å². The predicted molar refractivity (Wildman–Crippen MR) is 39.6 cm³/mol. The predicted octanol–water partition coefficient (Wildman–Crippen LogP) is 1.68. The summed E-state index contributed by atoms with van der Waals surface area (Å²) in [6, 6.07) is 0. The highest BCUT2D eigenvalue weighted by Gasteiger charge is 2.48. The van der Waals surface area contributed by atoms with Crippen molar-refractivity contribution in [2.75, 3.05) is 0 Å². The summed E-state index contributed by atoms with van der Waals surface area (Å²) in [6.07, 6.45) is 4.69. The largest absolute Gasteiger partial charge is 0.393 e. The minimum atomic E-state index is -0.00174. The summed E-state index contributed by atoms with van der Waals surface area (Å²) in [5, 5.41) is 9.35. The van der Waals surface area contributed by atoms with E-state index >= 15 is 0 Å². The Balaban J connectivity index is 2.19. The SMILES string of the molecule is O[C@@H]1C[C@@]2(Br)CC[C@@H]1C2. The lowest BCUT2D eigenvalue weighted by Gasteiger charge is -2.20. The first kappa shape index (κ1) is 6.17. The number of alkyl halides is 1. The molecule has 0 heterocycles. The molecule has 2 heteroatoms. The van der Waals surface area contributed by atoms with E-state index in [2.05, 4.69) is 15.9 Å². The lowest BCUT2D eigenvalue weighted by Crippen LogP contribution is -2.20. The van der Waals surface area contributed by atoms with Crippen molar-refractivity contribution in [1.29, 1.82) is 0 Å². The molecule has 0 aliphatic heterocycles. The van der Waals surface area contributed by atoms with Crippen LogP contribution in [0.4, 0.5) is 0 Å². The van der Waals surface area contributed by atoms with Gasteiger partial charge in [-0.3, -0.25) is 0 Å². The minimum absolute atomic E-state index is 0.00174. The van der Waals surface area contributed by atoms with Crippen LogP contribution in [0.5, 0.6) is 0 Å². The van der Waals surface area contributed by atoms with E-state index in [9.17, 15) is 5.11 Å². The second-order valence-electron chi connectivity index (χ2n) is 3.43. The Morgan fingerprint density at radius 1 is 1.44 bits per heavy atom. The first-order valence-electron chi connectivity index (χ1n) is 3.57. The third-order valence-electron chi connectivity index (χ3n) is 2.71. The van der Waals surface area contributed by atoms with Gasteiger partial charge in [0.2, 0.25) is 0 Å². The van der Waals surface area contributed by atoms with Crippen LogP contribution >= 0.6 is 15.9 Å². The van der Waals surface area contributed by atoms with Crippen molar-refractivity contribution >= 4 is 15.9 Å². The molecular formula is C7H11BrO. The highest BCUT2D eigenvalue weighted by Crippen LogP contribution is 2.52. The number of rotatable bonds is 0. The van der Waals surface area contributed by atoms with Crippen molar-refractivity contribution in [1.82, 2.24) is 0 Å². The fraction of sp³-hybridized carbons (Fsp3) is 1.00. The quantitative estimate of drug-likeness (QED) is 0.577. The zero-order chi connectivity index (χ0) is 6.48. The van der Waals surface area contributed by atoms with Gasteiger partial charge in [-0.15, -0.1) is 0 Å². The summed E-state index contributed by atoms with van der Waals surface area (Å²) in [5.74, 6) is 0.615. The zero-order valence-electron chi connectivity index (χ0n) is 5.31. The molecule has 0 aromatic carbocycles. The van der Waals surface area contributed by atoms with Crippen molar-refractivity contribution in [3.8, 4) is 0 Å². The standard InChI is InChI=1S/C7H11BrO/c8-7-2-1-5(3-7)6(9)4-7/h5-6,9H,1-4H2/t5-,6-,7-/m1/s1. The van der Waals surface area contributed by atoms with Crippen molar-refractivity contribution in [3.63, 3.8) is 0 Å². The molecule has 0 unspecified atom stereocenters. The molecule has 2 bridgehead atoms. The molecule has 0 radical (unpaired) electrons. The van der Waals surface area contributed by atoms with Crippen LogP contribution in [0.1, 0.15) is 25.7 Å². The molecule has 2 fully saturated rings. The maximum absolute atomic E-state index is 9.35. The molecule has 0 saturated heterocycles. The lowest BCUT2D eigenvalue weighted by molar-refractivity contribution is 0.117.